The molecule has 1 fully saturated rings. The van der Waals surface area contributed by atoms with Gasteiger partial charge in [-0.25, -0.2) is 4.98 Å². The maximum Gasteiger partial charge on any atom is 0.190 e. The van der Waals surface area contributed by atoms with Crippen LogP contribution in [0.3, 0.4) is 0 Å². The lowest BCUT2D eigenvalue weighted by Crippen LogP contribution is -2.33. The number of imidazole rings is 1. The van der Waals surface area contributed by atoms with E-state index in [4.69, 9.17) is 15.6 Å². The highest BCUT2D eigenvalue weighted by Gasteiger charge is 2.44. The molecule has 0 aromatic carbocycles. The van der Waals surface area contributed by atoms with Gasteiger partial charge in [-0.05, 0) is 5.21 Å². The Kier molecular flexibility index (Phi) is 2.78. The van der Waals surface area contributed by atoms with Gasteiger partial charge in [0.1, 0.15) is 18.3 Å². The summed E-state index contributed by atoms with van der Waals surface area (Å²) in [5.41, 5.74) is 6.21. The van der Waals surface area contributed by atoms with Crippen LogP contribution >= 0.6 is 0 Å². The summed E-state index contributed by atoms with van der Waals surface area (Å²) in [6.07, 6.45) is -2.85. The van der Waals surface area contributed by atoms with Crippen LogP contribution < -0.4 is 5.73 Å². The summed E-state index contributed by atoms with van der Waals surface area (Å²) in [5.74, 6) is 0.107. The first-order valence-electron chi connectivity index (χ1n) is 5.57. The number of nitrogen functional groups attached to an aromatic ring is 1. The summed E-state index contributed by atoms with van der Waals surface area (Å²) in [4.78, 5) is 4.01. The number of rotatable bonds is 2. The molecule has 4 unspecified atom stereocenters. The smallest absolute Gasteiger partial charge is 0.190 e. The molecule has 2 aromatic heterocycles. The maximum absolute atomic E-state index is 9.93. The van der Waals surface area contributed by atoms with E-state index in [1.807, 2.05) is 0 Å². The van der Waals surface area contributed by atoms with Crippen molar-refractivity contribution in [2.75, 3.05) is 12.3 Å². The molecule has 0 saturated carbocycles. The predicted octanol–water partition coefficient (Wildman–Crippen LogP) is -2.58. The molecule has 1 aliphatic rings. The molecule has 0 amide bonds. The Balaban J connectivity index is 2.04. The summed E-state index contributed by atoms with van der Waals surface area (Å²) in [5, 5.41) is 39.5. The lowest BCUT2D eigenvalue weighted by Gasteiger charge is -2.15. The van der Waals surface area contributed by atoms with Crippen LogP contribution in [0.1, 0.15) is 6.23 Å². The van der Waals surface area contributed by atoms with E-state index in [2.05, 4.69) is 20.4 Å². The number of fused-ring (bicyclic) bond motifs is 1. The van der Waals surface area contributed by atoms with Gasteiger partial charge in [0.2, 0.25) is 0 Å². The highest BCUT2D eigenvalue weighted by Crippen LogP contribution is 2.31. The van der Waals surface area contributed by atoms with E-state index in [1.165, 1.54) is 10.9 Å². The molecule has 3 heterocycles. The second-order valence-electron chi connectivity index (χ2n) is 4.23. The molecule has 10 nitrogen and oxygen atoms in total. The Hall–Kier alpha value is -1.88. The zero-order valence-corrected chi connectivity index (χ0v) is 9.66. The van der Waals surface area contributed by atoms with E-state index in [0.29, 0.717) is 5.52 Å². The van der Waals surface area contributed by atoms with Crippen LogP contribution in [0, 0.1) is 0 Å². The second kappa shape index (κ2) is 4.35. The molecule has 10 heteroatoms. The van der Waals surface area contributed by atoms with Gasteiger partial charge in [0.25, 0.3) is 0 Å². The second-order valence-corrected chi connectivity index (χ2v) is 4.23. The standard InChI is InChI=1S/C9H12N6O4/c10-7-4-8(13-14-12-7)15(2-11-4)9-6(18)5(17)3(1-16)19-9/h2-3,5-6,9,16-18H,1H2,(H2,10,12,13). The Morgan fingerprint density at radius 3 is 2.79 bits per heavy atom. The van der Waals surface area contributed by atoms with Crippen LogP contribution in [0.25, 0.3) is 11.2 Å². The van der Waals surface area contributed by atoms with Crippen molar-refractivity contribution >= 4 is 17.0 Å². The van der Waals surface area contributed by atoms with E-state index >= 15 is 0 Å². The van der Waals surface area contributed by atoms with Crippen LogP contribution in [0.15, 0.2) is 6.33 Å². The van der Waals surface area contributed by atoms with Crippen LogP contribution in [-0.2, 0) is 4.74 Å². The molecule has 0 bridgehead atoms. The zero-order valence-electron chi connectivity index (χ0n) is 9.66. The summed E-state index contributed by atoms with van der Waals surface area (Å²) in [6.45, 7) is -0.406. The minimum atomic E-state index is -1.22. The number of anilines is 1. The number of hydrogen-bond acceptors (Lipinski definition) is 9. The molecule has 0 spiro atoms. The Morgan fingerprint density at radius 2 is 2.11 bits per heavy atom. The van der Waals surface area contributed by atoms with E-state index in [-0.39, 0.29) is 11.5 Å². The van der Waals surface area contributed by atoms with Crippen molar-refractivity contribution in [1.82, 2.24) is 25.0 Å². The molecule has 3 rings (SSSR count). The highest BCUT2D eigenvalue weighted by atomic mass is 16.6. The minimum absolute atomic E-state index is 0.107. The summed E-state index contributed by atoms with van der Waals surface area (Å²) in [6, 6.07) is 0. The van der Waals surface area contributed by atoms with E-state index in [9.17, 15) is 10.2 Å². The number of ether oxygens (including phenoxy) is 1. The van der Waals surface area contributed by atoms with Crippen molar-refractivity contribution in [1.29, 1.82) is 0 Å². The topological polar surface area (TPSA) is 152 Å². The van der Waals surface area contributed by atoms with Crippen LogP contribution in [0.4, 0.5) is 5.82 Å². The van der Waals surface area contributed by atoms with Crippen molar-refractivity contribution in [3.8, 4) is 0 Å². The zero-order chi connectivity index (χ0) is 13.6. The first kappa shape index (κ1) is 12.2. The average Bonchev–Trinajstić information content (AvgIpc) is 2.94. The molecule has 102 valence electrons. The molecule has 5 N–H and O–H groups in total. The Morgan fingerprint density at radius 1 is 1.32 bits per heavy atom. The molecule has 19 heavy (non-hydrogen) atoms. The first-order valence-corrected chi connectivity index (χ1v) is 5.57. The number of nitrogens with zero attached hydrogens (tertiary/aromatic N) is 5. The van der Waals surface area contributed by atoms with Gasteiger partial charge < -0.3 is 25.8 Å². The molecular formula is C9H12N6O4. The SMILES string of the molecule is Nc1nnnc2c1ncn2C1OC(CO)C(O)C1O. The molecule has 1 saturated heterocycles. The monoisotopic (exact) mass is 268 g/mol. The van der Waals surface area contributed by atoms with Crippen molar-refractivity contribution in [3.63, 3.8) is 0 Å². The fourth-order valence-corrected chi connectivity index (χ4v) is 2.09. The normalized spacial score (nSPS) is 31.1. The van der Waals surface area contributed by atoms with Crippen LogP contribution in [0.2, 0.25) is 0 Å². The van der Waals surface area contributed by atoms with E-state index in [1.54, 1.807) is 0 Å². The quantitative estimate of drug-likeness (QED) is 0.459. The molecular weight excluding hydrogens is 256 g/mol. The van der Waals surface area contributed by atoms with Crippen LogP contribution in [-0.4, -0.2) is 65.2 Å². The van der Waals surface area contributed by atoms with Gasteiger partial charge in [-0.2, -0.15) is 0 Å². The lowest BCUT2D eigenvalue weighted by atomic mass is 10.1. The summed E-state index contributed by atoms with van der Waals surface area (Å²) >= 11 is 0. The third-order valence-corrected chi connectivity index (χ3v) is 3.09. The van der Waals surface area contributed by atoms with Gasteiger partial charge >= 0.3 is 0 Å². The minimum Gasteiger partial charge on any atom is -0.394 e. The third kappa shape index (κ3) is 1.73. The average molecular weight is 268 g/mol. The van der Waals surface area contributed by atoms with Gasteiger partial charge in [0, 0.05) is 0 Å². The van der Waals surface area contributed by atoms with Crippen molar-refractivity contribution < 1.29 is 20.1 Å². The first-order chi connectivity index (χ1) is 9.13. The van der Waals surface area contributed by atoms with Crippen molar-refractivity contribution in [2.45, 2.75) is 24.5 Å². The molecule has 2 aromatic rings. The van der Waals surface area contributed by atoms with Gasteiger partial charge in [-0.15, -0.1) is 10.2 Å². The summed E-state index contributed by atoms with van der Waals surface area (Å²) in [7, 11) is 0. The molecule has 1 aliphatic heterocycles. The maximum atomic E-state index is 9.93. The fourth-order valence-electron chi connectivity index (χ4n) is 2.09. The van der Waals surface area contributed by atoms with Crippen molar-refractivity contribution in [2.24, 2.45) is 0 Å². The fraction of sp³-hybridized carbons (Fsp3) is 0.556. The largest absolute Gasteiger partial charge is 0.394 e. The number of aliphatic hydroxyl groups excluding tert-OH is 3. The van der Waals surface area contributed by atoms with E-state index < -0.39 is 31.1 Å². The summed E-state index contributed by atoms with van der Waals surface area (Å²) < 4.78 is 6.76. The Bertz CT molecular complexity index is 603. The van der Waals surface area contributed by atoms with Gasteiger partial charge in [0.15, 0.2) is 23.2 Å². The van der Waals surface area contributed by atoms with Gasteiger partial charge in [-0.3, -0.25) is 4.57 Å². The number of aromatic nitrogens is 5. The lowest BCUT2D eigenvalue weighted by molar-refractivity contribution is -0.0511. The van der Waals surface area contributed by atoms with Gasteiger partial charge in [0.05, 0.1) is 12.9 Å². The number of nitrogens with two attached hydrogens (primary N) is 1. The highest BCUT2D eigenvalue weighted by molar-refractivity contribution is 5.80. The van der Waals surface area contributed by atoms with Crippen molar-refractivity contribution in [3.05, 3.63) is 6.33 Å². The molecule has 0 radical (unpaired) electrons. The van der Waals surface area contributed by atoms with E-state index in [0.717, 1.165) is 0 Å². The third-order valence-electron chi connectivity index (χ3n) is 3.09. The molecule has 0 aliphatic carbocycles. The number of aliphatic hydroxyl groups is 3. The number of hydrogen-bond donors (Lipinski definition) is 4. The Labute approximate surface area is 106 Å². The van der Waals surface area contributed by atoms with Gasteiger partial charge in [-0.1, -0.05) is 0 Å². The predicted molar refractivity (Wildman–Crippen MR) is 60.5 cm³/mol. The van der Waals surface area contributed by atoms with Crippen LogP contribution in [0.5, 0.6) is 0 Å². The molecule has 4 atom stereocenters.